The molecule has 2 heterocycles. The molecule has 0 saturated carbocycles. The summed E-state index contributed by atoms with van der Waals surface area (Å²) >= 11 is 0. The Balaban J connectivity index is 1.64. The Bertz CT molecular complexity index is 1030. The molecule has 0 amide bonds. The van der Waals surface area contributed by atoms with Gasteiger partial charge in [0.15, 0.2) is 12.2 Å². The molecular formula is C23H23N5O. The molecule has 2 aromatic carbocycles. The topological polar surface area (TPSA) is 58.3 Å². The van der Waals surface area contributed by atoms with E-state index in [2.05, 4.69) is 46.0 Å². The second kappa shape index (κ2) is 8.67. The van der Waals surface area contributed by atoms with Gasteiger partial charge in [0.05, 0.1) is 11.9 Å². The number of para-hydroxylation sites is 1. The van der Waals surface area contributed by atoms with Gasteiger partial charge in [-0.15, -0.1) is 0 Å². The highest BCUT2D eigenvalue weighted by Gasteiger charge is 2.14. The van der Waals surface area contributed by atoms with Crippen LogP contribution in [0.3, 0.4) is 0 Å². The molecule has 0 N–H and O–H groups in total. The van der Waals surface area contributed by atoms with Gasteiger partial charge in [-0.3, -0.25) is 0 Å². The minimum Gasteiger partial charge on any atom is -0.444 e. The number of oxazole rings is 1. The van der Waals surface area contributed by atoms with Gasteiger partial charge in [0, 0.05) is 36.1 Å². The first-order valence-electron chi connectivity index (χ1n) is 9.50. The predicted octanol–water partition coefficient (Wildman–Crippen LogP) is 4.50. The van der Waals surface area contributed by atoms with E-state index in [0.29, 0.717) is 5.95 Å². The summed E-state index contributed by atoms with van der Waals surface area (Å²) in [5.41, 5.74) is 3.96. The van der Waals surface area contributed by atoms with Crippen molar-refractivity contribution in [3.8, 4) is 22.6 Å². The number of likely N-dealkylation sites (N-methyl/N-ethyl adjacent to an activating group) is 1. The van der Waals surface area contributed by atoms with Crippen molar-refractivity contribution in [1.82, 2.24) is 19.9 Å². The van der Waals surface area contributed by atoms with Crippen molar-refractivity contribution in [3.63, 3.8) is 0 Å². The summed E-state index contributed by atoms with van der Waals surface area (Å²) in [6, 6.07) is 20.3. The molecule has 0 fully saturated rings. The zero-order chi connectivity index (χ0) is 20.1. The summed E-state index contributed by atoms with van der Waals surface area (Å²) in [5, 5.41) is 0. The van der Waals surface area contributed by atoms with Crippen molar-refractivity contribution in [2.45, 2.75) is 0 Å². The van der Waals surface area contributed by atoms with Crippen LogP contribution >= 0.6 is 0 Å². The van der Waals surface area contributed by atoms with Crippen LogP contribution in [0.5, 0.6) is 0 Å². The maximum Gasteiger partial charge on any atom is 0.230 e. The molecule has 0 spiro atoms. The summed E-state index contributed by atoms with van der Waals surface area (Å²) < 4.78 is 5.36. The molecule has 4 rings (SSSR count). The number of rotatable bonds is 7. The maximum absolute atomic E-state index is 5.36. The van der Waals surface area contributed by atoms with Crippen LogP contribution in [0.4, 0.5) is 11.6 Å². The Hall–Kier alpha value is -3.51. The average Bonchev–Trinajstić information content (AvgIpc) is 3.30. The Kier molecular flexibility index (Phi) is 5.63. The fourth-order valence-electron chi connectivity index (χ4n) is 3.06. The van der Waals surface area contributed by atoms with Gasteiger partial charge in [0.2, 0.25) is 5.95 Å². The van der Waals surface area contributed by atoms with E-state index in [0.717, 1.165) is 41.4 Å². The summed E-state index contributed by atoms with van der Waals surface area (Å²) in [6.07, 6.45) is 4.96. The molecule has 4 aromatic rings. The monoisotopic (exact) mass is 385 g/mol. The van der Waals surface area contributed by atoms with Crippen molar-refractivity contribution < 1.29 is 4.42 Å². The third-order valence-corrected chi connectivity index (χ3v) is 4.62. The highest BCUT2D eigenvalue weighted by Crippen LogP contribution is 2.26. The lowest BCUT2D eigenvalue weighted by molar-refractivity contribution is 0.418. The van der Waals surface area contributed by atoms with Gasteiger partial charge in [-0.2, -0.15) is 0 Å². The van der Waals surface area contributed by atoms with Gasteiger partial charge in [0.1, 0.15) is 0 Å². The first-order chi connectivity index (χ1) is 14.2. The third-order valence-electron chi connectivity index (χ3n) is 4.62. The summed E-state index contributed by atoms with van der Waals surface area (Å²) in [5.74, 6) is 1.44. The van der Waals surface area contributed by atoms with Crippen LogP contribution in [-0.2, 0) is 0 Å². The van der Waals surface area contributed by atoms with Crippen molar-refractivity contribution in [2.75, 3.05) is 32.1 Å². The molecule has 2 aromatic heterocycles. The Morgan fingerprint density at radius 2 is 1.62 bits per heavy atom. The van der Waals surface area contributed by atoms with E-state index < -0.39 is 0 Å². The third kappa shape index (κ3) is 4.50. The van der Waals surface area contributed by atoms with Crippen LogP contribution in [-0.4, -0.2) is 47.0 Å². The number of aromatic nitrogens is 3. The van der Waals surface area contributed by atoms with E-state index >= 15 is 0 Å². The number of benzene rings is 2. The van der Waals surface area contributed by atoms with Crippen LogP contribution in [0.2, 0.25) is 0 Å². The fraction of sp³-hybridized carbons (Fsp3) is 0.174. The van der Waals surface area contributed by atoms with Crippen molar-refractivity contribution in [1.29, 1.82) is 0 Å². The number of nitrogens with zero attached hydrogens (tertiary/aromatic N) is 5. The van der Waals surface area contributed by atoms with Crippen LogP contribution in [0.1, 0.15) is 0 Å². The average molecular weight is 385 g/mol. The lowest BCUT2D eigenvalue weighted by atomic mass is 10.1. The summed E-state index contributed by atoms with van der Waals surface area (Å²) in [7, 11) is 4.13. The van der Waals surface area contributed by atoms with Gasteiger partial charge in [-0.1, -0.05) is 42.5 Å². The Morgan fingerprint density at radius 3 is 2.31 bits per heavy atom. The van der Waals surface area contributed by atoms with E-state index in [1.54, 1.807) is 6.20 Å². The SMILES string of the molecule is CN(C)CCN(c1ccccc1)c1nccc(-c2ccc(-c3cnco3)cc2)n1. The molecule has 0 aliphatic rings. The van der Waals surface area contributed by atoms with Crippen molar-refractivity contribution >= 4 is 11.6 Å². The highest BCUT2D eigenvalue weighted by atomic mass is 16.3. The van der Waals surface area contributed by atoms with E-state index in [1.807, 2.05) is 54.7 Å². The lowest BCUT2D eigenvalue weighted by Gasteiger charge is -2.24. The zero-order valence-corrected chi connectivity index (χ0v) is 16.6. The molecule has 29 heavy (non-hydrogen) atoms. The molecule has 0 aliphatic carbocycles. The van der Waals surface area contributed by atoms with Gasteiger partial charge in [0.25, 0.3) is 0 Å². The predicted molar refractivity (Wildman–Crippen MR) is 115 cm³/mol. The molecule has 146 valence electrons. The molecule has 0 radical (unpaired) electrons. The fourth-order valence-corrected chi connectivity index (χ4v) is 3.06. The van der Waals surface area contributed by atoms with Crippen LogP contribution in [0, 0.1) is 0 Å². The molecule has 6 nitrogen and oxygen atoms in total. The quantitative estimate of drug-likeness (QED) is 0.467. The second-order valence-corrected chi connectivity index (χ2v) is 6.98. The largest absolute Gasteiger partial charge is 0.444 e. The maximum atomic E-state index is 5.36. The lowest BCUT2D eigenvalue weighted by Crippen LogP contribution is -2.29. The van der Waals surface area contributed by atoms with E-state index in [-0.39, 0.29) is 0 Å². The zero-order valence-electron chi connectivity index (χ0n) is 16.6. The van der Waals surface area contributed by atoms with Crippen LogP contribution < -0.4 is 4.90 Å². The molecule has 0 aliphatic heterocycles. The summed E-state index contributed by atoms with van der Waals surface area (Å²) in [6.45, 7) is 1.69. The molecule has 0 atom stereocenters. The highest BCUT2D eigenvalue weighted by molar-refractivity contribution is 5.67. The first-order valence-corrected chi connectivity index (χ1v) is 9.50. The molecular weight excluding hydrogens is 362 g/mol. The molecule has 6 heteroatoms. The molecule has 0 unspecified atom stereocenters. The van der Waals surface area contributed by atoms with E-state index in [9.17, 15) is 0 Å². The van der Waals surface area contributed by atoms with Gasteiger partial charge >= 0.3 is 0 Å². The molecule has 0 saturated heterocycles. The molecule has 0 bridgehead atoms. The minimum atomic E-state index is 0.690. The number of anilines is 2. The number of hydrogen-bond donors (Lipinski definition) is 0. The van der Waals surface area contributed by atoms with Crippen LogP contribution in [0.15, 0.2) is 83.9 Å². The smallest absolute Gasteiger partial charge is 0.230 e. The Morgan fingerprint density at radius 1 is 0.862 bits per heavy atom. The standard InChI is InChI=1S/C23H23N5O/c1-27(2)14-15-28(20-6-4-3-5-7-20)23-25-13-12-21(26-23)18-8-10-19(11-9-18)22-16-24-17-29-22/h3-13,16-17H,14-15H2,1-2H3. The van der Waals surface area contributed by atoms with E-state index in [1.165, 1.54) is 6.39 Å². The summed E-state index contributed by atoms with van der Waals surface area (Å²) in [4.78, 5) is 17.7. The normalized spacial score (nSPS) is 11.0. The van der Waals surface area contributed by atoms with Gasteiger partial charge < -0.3 is 14.2 Å². The van der Waals surface area contributed by atoms with Gasteiger partial charge in [-0.05, 0) is 32.3 Å². The van der Waals surface area contributed by atoms with Crippen molar-refractivity contribution in [2.24, 2.45) is 0 Å². The van der Waals surface area contributed by atoms with Crippen molar-refractivity contribution in [3.05, 3.63) is 79.5 Å². The number of hydrogen-bond acceptors (Lipinski definition) is 6. The first kappa shape index (κ1) is 18.8. The van der Waals surface area contributed by atoms with E-state index in [4.69, 9.17) is 9.40 Å². The van der Waals surface area contributed by atoms with Crippen LogP contribution in [0.25, 0.3) is 22.6 Å². The van der Waals surface area contributed by atoms with Gasteiger partial charge in [-0.25, -0.2) is 15.0 Å². The minimum absolute atomic E-state index is 0.690. The Labute approximate surface area is 170 Å². The second-order valence-electron chi connectivity index (χ2n) is 6.98.